The Balaban J connectivity index is 1.44. The van der Waals surface area contributed by atoms with Gasteiger partial charge in [0.25, 0.3) is 5.91 Å². The summed E-state index contributed by atoms with van der Waals surface area (Å²) in [5, 5.41) is 15.2. The second-order valence-corrected chi connectivity index (χ2v) is 8.67. The van der Waals surface area contributed by atoms with E-state index in [2.05, 4.69) is 26.3 Å². The fourth-order valence-electron chi connectivity index (χ4n) is 2.66. The molecule has 2 fully saturated rings. The lowest BCUT2D eigenvalue weighted by atomic mass is 10.00. The fraction of sp³-hybridized carbons (Fsp3) is 0.667. The first-order chi connectivity index (χ1) is 12.9. The smallest absolute Gasteiger partial charge is 0.344 e. The largest absolute Gasteiger partial charge is 0.376 e. The average molecular weight is 415 g/mol. The Bertz CT molecular complexity index is 723. The molecule has 0 saturated carbocycles. The van der Waals surface area contributed by atoms with E-state index in [9.17, 15) is 14.4 Å². The highest BCUT2D eigenvalue weighted by Gasteiger charge is 2.47. The Morgan fingerprint density at radius 3 is 2.96 bits per heavy atom. The molecule has 3 heterocycles. The number of amides is 4. The summed E-state index contributed by atoms with van der Waals surface area (Å²) in [5.41, 5.74) is 1.36. The predicted octanol–water partition coefficient (Wildman–Crippen LogP) is 0.973. The van der Waals surface area contributed by atoms with Gasteiger partial charge in [0.05, 0.1) is 11.9 Å². The zero-order valence-corrected chi connectivity index (χ0v) is 16.7. The monoisotopic (exact) mass is 414 g/mol. The minimum absolute atomic E-state index is 0.0142. The van der Waals surface area contributed by atoms with Crippen LogP contribution in [0.3, 0.4) is 0 Å². The molecule has 4 amide bonds. The minimum atomic E-state index is -0.986. The highest BCUT2D eigenvalue weighted by Crippen LogP contribution is 2.26. The highest BCUT2D eigenvalue weighted by molar-refractivity contribution is 8.01. The van der Waals surface area contributed by atoms with Gasteiger partial charge in [0.2, 0.25) is 11.0 Å². The number of hydrazine groups is 1. The molecule has 2 aliphatic heterocycles. The molecule has 0 radical (unpaired) electrons. The van der Waals surface area contributed by atoms with Gasteiger partial charge in [-0.2, -0.15) is 5.01 Å². The van der Waals surface area contributed by atoms with E-state index in [1.165, 1.54) is 23.1 Å². The van der Waals surface area contributed by atoms with E-state index in [-0.39, 0.29) is 11.9 Å². The van der Waals surface area contributed by atoms with Gasteiger partial charge in [0, 0.05) is 13.2 Å². The van der Waals surface area contributed by atoms with E-state index in [4.69, 9.17) is 4.74 Å². The maximum absolute atomic E-state index is 12.2. The Hall–Kier alpha value is -1.92. The molecule has 0 unspecified atom stereocenters. The van der Waals surface area contributed by atoms with Gasteiger partial charge in [0.15, 0.2) is 4.34 Å². The van der Waals surface area contributed by atoms with Crippen LogP contribution in [0.15, 0.2) is 4.34 Å². The zero-order valence-electron chi connectivity index (χ0n) is 15.1. The third-order valence-electron chi connectivity index (χ3n) is 4.44. The molecule has 0 bridgehead atoms. The first kappa shape index (κ1) is 19.8. The van der Waals surface area contributed by atoms with Crippen LogP contribution in [-0.2, 0) is 14.3 Å². The molecule has 10 nitrogen and oxygen atoms in total. The Morgan fingerprint density at radius 1 is 1.48 bits per heavy atom. The number of hydrogen-bond donors (Lipinski definition) is 3. The minimum Gasteiger partial charge on any atom is -0.376 e. The summed E-state index contributed by atoms with van der Waals surface area (Å²) < 4.78 is 6.16. The first-order valence-corrected chi connectivity index (χ1v) is 10.5. The molecule has 148 valence electrons. The second kappa shape index (κ2) is 8.40. The fourth-order valence-corrected chi connectivity index (χ4v) is 4.21. The summed E-state index contributed by atoms with van der Waals surface area (Å²) in [6.07, 6.45) is 2.75. The molecule has 3 rings (SSSR count). The van der Waals surface area contributed by atoms with Crippen molar-refractivity contribution < 1.29 is 19.1 Å². The summed E-state index contributed by atoms with van der Waals surface area (Å²) in [4.78, 5) is 36.2. The molecule has 1 aromatic rings. The van der Waals surface area contributed by atoms with E-state index >= 15 is 0 Å². The van der Waals surface area contributed by atoms with Gasteiger partial charge in [-0.25, -0.2) is 4.79 Å². The third kappa shape index (κ3) is 4.68. The van der Waals surface area contributed by atoms with Crippen LogP contribution in [-0.4, -0.2) is 63.6 Å². The number of thioether (sulfide) groups is 1. The van der Waals surface area contributed by atoms with Crippen LogP contribution in [0.4, 0.5) is 9.93 Å². The molecule has 0 aliphatic carbocycles. The molecule has 12 heteroatoms. The van der Waals surface area contributed by atoms with E-state index in [0.717, 1.165) is 24.5 Å². The number of urea groups is 1. The highest BCUT2D eigenvalue weighted by atomic mass is 32.2. The Morgan fingerprint density at radius 2 is 2.30 bits per heavy atom. The van der Waals surface area contributed by atoms with Gasteiger partial charge in [-0.3, -0.25) is 15.0 Å². The van der Waals surface area contributed by atoms with Crippen molar-refractivity contribution in [2.45, 2.75) is 49.1 Å². The number of imide groups is 1. The summed E-state index contributed by atoms with van der Waals surface area (Å²) in [7, 11) is 0. The van der Waals surface area contributed by atoms with Crippen molar-refractivity contribution in [1.29, 1.82) is 0 Å². The summed E-state index contributed by atoms with van der Waals surface area (Å²) in [5.74, 6) is -0.918. The van der Waals surface area contributed by atoms with Crippen LogP contribution in [0.2, 0.25) is 0 Å². The second-order valence-electron chi connectivity index (χ2n) is 6.47. The van der Waals surface area contributed by atoms with E-state index < -0.39 is 23.4 Å². The average Bonchev–Trinajstić information content (AvgIpc) is 3.36. The number of rotatable bonds is 8. The molecule has 27 heavy (non-hydrogen) atoms. The van der Waals surface area contributed by atoms with Crippen LogP contribution in [0.25, 0.3) is 0 Å². The number of ether oxygens (including phenoxy) is 1. The Labute approximate surface area is 164 Å². The summed E-state index contributed by atoms with van der Waals surface area (Å²) in [6.45, 7) is 4.90. The van der Waals surface area contributed by atoms with Crippen LogP contribution < -0.4 is 16.1 Å². The van der Waals surface area contributed by atoms with Crippen molar-refractivity contribution in [2.75, 3.05) is 24.2 Å². The van der Waals surface area contributed by atoms with Gasteiger partial charge in [-0.1, -0.05) is 30.0 Å². The lowest BCUT2D eigenvalue weighted by molar-refractivity contribution is -0.137. The van der Waals surface area contributed by atoms with Crippen molar-refractivity contribution in [3.63, 3.8) is 0 Å². The lowest BCUT2D eigenvalue weighted by Crippen LogP contribution is -2.49. The van der Waals surface area contributed by atoms with Crippen molar-refractivity contribution in [3.8, 4) is 0 Å². The number of carbonyl (C=O) groups excluding carboxylic acids is 3. The van der Waals surface area contributed by atoms with E-state index in [1.807, 2.05) is 0 Å². The van der Waals surface area contributed by atoms with Crippen LogP contribution in [0.1, 0.15) is 33.1 Å². The lowest BCUT2D eigenvalue weighted by Gasteiger charge is -2.19. The topological polar surface area (TPSA) is 126 Å². The van der Waals surface area contributed by atoms with Crippen molar-refractivity contribution in [1.82, 2.24) is 25.9 Å². The van der Waals surface area contributed by atoms with Crippen LogP contribution in [0.5, 0.6) is 0 Å². The molecule has 3 N–H and O–H groups in total. The number of aromatic nitrogens is 2. The van der Waals surface area contributed by atoms with E-state index in [1.54, 1.807) is 13.8 Å². The zero-order chi connectivity index (χ0) is 19.4. The van der Waals surface area contributed by atoms with Gasteiger partial charge in [-0.15, -0.1) is 10.2 Å². The van der Waals surface area contributed by atoms with Gasteiger partial charge >= 0.3 is 6.03 Å². The van der Waals surface area contributed by atoms with Gasteiger partial charge in [-0.05, 0) is 26.2 Å². The molecule has 1 aromatic heterocycles. The molecule has 2 saturated heterocycles. The standard InChI is InChI=1S/C15H22N6O4S2/c1-3-15(2)11(23)21(13(24)17-15)20-10(22)8-26-14-19-18-12(27-14)16-7-9-5-4-6-25-9/h9H,3-8H2,1-2H3,(H,16,18)(H,17,24)(H,20,22)/t9-,15+/m0/s1. The number of hydrogen-bond acceptors (Lipinski definition) is 9. The molecule has 2 atom stereocenters. The van der Waals surface area contributed by atoms with Gasteiger partial charge < -0.3 is 15.4 Å². The summed E-state index contributed by atoms with van der Waals surface area (Å²) in [6, 6.07) is -0.626. The summed E-state index contributed by atoms with van der Waals surface area (Å²) >= 11 is 2.53. The molecule has 2 aliphatic rings. The maximum Gasteiger partial charge on any atom is 0.344 e. The SMILES string of the molecule is CC[C@@]1(C)NC(=O)N(NC(=O)CSc2nnc(NC[C@@H]3CCCO3)s2)C1=O. The van der Waals surface area contributed by atoms with Crippen LogP contribution in [0, 0.1) is 0 Å². The maximum atomic E-state index is 12.2. The van der Waals surface area contributed by atoms with Crippen LogP contribution >= 0.6 is 23.1 Å². The number of nitrogens with zero attached hydrogens (tertiary/aromatic N) is 3. The van der Waals surface area contributed by atoms with Crippen molar-refractivity contribution in [2.24, 2.45) is 0 Å². The quantitative estimate of drug-likeness (QED) is 0.424. The van der Waals surface area contributed by atoms with Crippen molar-refractivity contribution in [3.05, 3.63) is 0 Å². The number of nitrogens with one attached hydrogen (secondary N) is 3. The molecular weight excluding hydrogens is 392 g/mol. The first-order valence-electron chi connectivity index (χ1n) is 8.69. The van der Waals surface area contributed by atoms with Gasteiger partial charge in [0.1, 0.15) is 5.54 Å². The number of anilines is 1. The predicted molar refractivity (Wildman–Crippen MR) is 100 cm³/mol. The Kier molecular flexibility index (Phi) is 6.17. The molecule has 0 aromatic carbocycles. The molecular formula is C15H22N6O4S2. The number of carbonyl (C=O) groups is 3. The third-order valence-corrected chi connectivity index (χ3v) is 6.46. The van der Waals surface area contributed by atoms with Crippen molar-refractivity contribution >= 4 is 46.1 Å². The van der Waals surface area contributed by atoms with E-state index in [0.29, 0.717) is 22.4 Å². The molecule has 0 spiro atoms. The normalized spacial score (nSPS) is 25.0.